The Morgan fingerprint density at radius 1 is 1.44 bits per heavy atom. The van der Waals surface area contributed by atoms with Crippen molar-refractivity contribution in [1.82, 2.24) is 19.8 Å². The Balaban J connectivity index is 2.19. The molecule has 0 spiro atoms. The van der Waals surface area contributed by atoms with Crippen molar-refractivity contribution in [3.8, 4) is 11.1 Å². The van der Waals surface area contributed by atoms with Gasteiger partial charge in [-0.3, -0.25) is 14.5 Å². The maximum Gasteiger partial charge on any atom is 0.324 e. The summed E-state index contributed by atoms with van der Waals surface area (Å²) in [7, 11) is 0. The minimum atomic E-state index is -1.08. The zero-order chi connectivity index (χ0) is 18.1. The van der Waals surface area contributed by atoms with E-state index in [1.165, 1.54) is 6.20 Å². The predicted octanol–water partition coefficient (Wildman–Crippen LogP) is 2.31. The highest BCUT2D eigenvalue weighted by atomic mass is 35.5. The van der Waals surface area contributed by atoms with Gasteiger partial charge in [-0.15, -0.1) is 0 Å². The molecule has 2 aromatic heterocycles. The lowest BCUT2D eigenvalue weighted by molar-refractivity contribution is -0.137. The van der Waals surface area contributed by atoms with Gasteiger partial charge >= 0.3 is 5.97 Å². The normalized spacial score (nSPS) is 11.9. The van der Waals surface area contributed by atoms with Crippen LogP contribution in [-0.2, 0) is 4.79 Å². The fraction of sp³-hybridized carbons (Fsp3) is 0.0667. The van der Waals surface area contributed by atoms with Crippen molar-refractivity contribution in [2.24, 2.45) is 11.6 Å². The highest BCUT2D eigenvalue weighted by Gasteiger charge is 2.17. The van der Waals surface area contributed by atoms with Gasteiger partial charge in [0, 0.05) is 28.9 Å². The van der Waals surface area contributed by atoms with Crippen LogP contribution in [-0.4, -0.2) is 37.4 Å². The molecule has 3 aromatic rings. The van der Waals surface area contributed by atoms with Crippen LogP contribution < -0.4 is 11.6 Å². The second-order valence-electron chi connectivity index (χ2n) is 5.28. The van der Waals surface area contributed by atoms with Crippen LogP contribution in [0.3, 0.4) is 0 Å². The number of fused-ring (bicyclic) bond motifs is 1. The van der Waals surface area contributed by atoms with Crippen LogP contribution in [0.5, 0.6) is 0 Å². The first-order valence-corrected chi connectivity index (χ1v) is 7.83. The Morgan fingerprint density at radius 3 is 2.84 bits per heavy atom. The number of carboxylic acids is 1. The molecule has 10 heteroatoms. The van der Waals surface area contributed by atoms with Crippen LogP contribution in [0, 0.1) is 0 Å². The van der Waals surface area contributed by atoms with Gasteiger partial charge in [0.1, 0.15) is 12.4 Å². The summed E-state index contributed by atoms with van der Waals surface area (Å²) in [6.45, 7) is -0.400. The smallest absolute Gasteiger partial charge is 0.324 e. The molecule has 0 saturated heterocycles. The number of benzene rings is 1. The average Bonchev–Trinajstić information content (AvgIpc) is 3.17. The Labute approximate surface area is 152 Å². The average molecular weight is 381 g/mol. The number of hydrogen-bond donors (Lipinski definition) is 4. The molecule has 0 aliphatic rings. The fourth-order valence-corrected chi connectivity index (χ4v) is 2.93. The second-order valence-corrected chi connectivity index (χ2v) is 6.06. The van der Waals surface area contributed by atoms with Crippen molar-refractivity contribution in [2.75, 3.05) is 6.54 Å². The first kappa shape index (κ1) is 17.2. The molecule has 0 bridgehead atoms. The van der Waals surface area contributed by atoms with E-state index < -0.39 is 12.5 Å². The van der Waals surface area contributed by atoms with Crippen molar-refractivity contribution < 1.29 is 9.90 Å². The number of halogens is 2. The van der Waals surface area contributed by atoms with Crippen LogP contribution >= 0.6 is 23.2 Å². The summed E-state index contributed by atoms with van der Waals surface area (Å²) in [5, 5.41) is 18.0. The summed E-state index contributed by atoms with van der Waals surface area (Å²) >= 11 is 12.5. The molecule has 130 valence electrons. The molecule has 1 aromatic carbocycles. The maximum absolute atomic E-state index is 10.8. The molecule has 3 rings (SSSR count). The summed E-state index contributed by atoms with van der Waals surface area (Å²) in [6.07, 6.45) is 6.48. The lowest BCUT2D eigenvalue weighted by atomic mass is 10.1. The van der Waals surface area contributed by atoms with Crippen molar-refractivity contribution in [3.63, 3.8) is 0 Å². The maximum atomic E-state index is 10.8. The van der Waals surface area contributed by atoms with Crippen molar-refractivity contribution in [2.45, 2.75) is 0 Å². The number of aromatic nitrogens is 3. The van der Waals surface area contributed by atoms with E-state index in [2.05, 4.69) is 10.2 Å². The lowest BCUT2D eigenvalue weighted by Gasteiger charge is -2.13. The van der Waals surface area contributed by atoms with E-state index in [1.54, 1.807) is 29.2 Å². The molecule has 0 radical (unpaired) electrons. The highest BCUT2D eigenvalue weighted by molar-refractivity contribution is 6.45. The topological polar surface area (TPSA) is 126 Å². The van der Waals surface area contributed by atoms with Gasteiger partial charge in [-0.2, -0.15) is 5.10 Å². The molecule has 0 aliphatic heterocycles. The summed E-state index contributed by atoms with van der Waals surface area (Å²) in [5.74, 6) is 4.74. The van der Waals surface area contributed by atoms with Crippen LogP contribution in [0.25, 0.3) is 27.9 Å². The van der Waals surface area contributed by atoms with Gasteiger partial charge in [0.25, 0.3) is 0 Å². The van der Waals surface area contributed by atoms with E-state index >= 15 is 0 Å². The quantitative estimate of drug-likeness (QED) is 0.397. The molecule has 0 fully saturated rings. The van der Waals surface area contributed by atoms with Gasteiger partial charge in [0.05, 0.1) is 28.0 Å². The molecule has 6 N–H and O–H groups in total. The zero-order valence-corrected chi connectivity index (χ0v) is 14.3. The van der Waals surface area contributed by atoms with Crippen LogP contribution in [0.1, 0.15) is 0 Å². The highest BCUT2D eigenvalue weighted by Crippen LogP contribution is 2.38. The van der Waals surface area contributed by atoms with Gasteiger partial charge in [0.2, 0.25) is 0 Å². The monoisotopic (exact) mass is 380 g/mol. The number of nitrogens with zero attached hydrogens (tertiary/aromatic N) is 3. The van der Waals surface area contributed by atoms with Gasteiger partial charge in [-0.05, 0) is 6.07 Å². The minimum absolute atomic E-state index is 0.188. The lowest BCUT2D eigenvalue weighted by Crippen LogP contribution is -2.32. The van der Waals surface area contributed by atoms with Gasteiger partial charge in [0.15, 0.2) is 0 Å². The number of aromatic amines is 1. The predicted molar refractivity (Wildman–Crippen MR) is 96.5 cm³/mol. The number of aliphatic carboxylic acids is 1. The second kappa shape index (κ2) is 6.67. The van der Waals surface area contributed by atoms with E-state index in [1.807, 2.05) is 6.07 Å². The van der Waals surface area contributed by atoms with E-state index in [-0.39, 0.29) is 5.82 Å². The zero-order valence-electron chi connectivity index (χ0n) is 12.8. The van der Waals surface area contributed by atoms with Gasteiger partial charge in [-0.1, -0.05) is 29.3 Å². The van der Waals surface area contributed by atoms with Gasteiger partial charge < -0.3 is 15.8 Å². The Bertz CT molecular complexity index is 964. The van der Waals surface area contributed by atoms with Crippen molar-refractivity contribution in [1.29, 1.82) is 0 Å². The van der Waals surface area contributed by atoms with Crippen molar-refractivity contribution in [3.05, 3.63) is 47.0 Å². The van der Waals surface area contributed by atoms with E-state index in [4.69, 9.17) is 39.9 Å². The molecular formula is C15H14Cl2N6O2. The number of hydrogen-bond acceptors (Lipinski definition) is 5. The van der Waals surface area contributed by atoms with E-state index in [0.29, 0.717) is 15.6 Å². The Morgan fingerprint density at radius 2 is 2.20 bits per heavy atom. The standard InChI is InChI=1S/C15H14Cl2N6O2/c16-11-2-1-9-10(8-3-20-21-4-8)5-23(15(9)14(11)17)12(18)6-22(19)7-13(24)25/h1-6H,7,18-19H2,(H,20,21)(H,24,25)/b12-6+. The number of carboxylic acid groups (broad SMARTS) is 1. The van der Waals surface area contributed by atoms with Crippen LogP contribution in [0.15, 0.2) is 36.9 Å². The van der Waals surface area contributed by atoms with Crippen LogP contribution in [0.2, 0.25) is 10.0 Å². The number of nitrogens with one attached hydrogen (secondary N) is 1. The first-order valence-electron chi connectivity index (χ1n) is 7.07. The molecular weight excluding hydrogens is 367 g/mol. The molecule has 0 atom stereocenters. The number of nitrogens with two attached hydrogens (primary N) is 2. The van der Waals surface area contributed by atoms with Crippen LogP contribution in [0.4, 0.5) is 0 Å². The number of carbonyl (C=O) groups is 1. The van der Waals surface area contributed by atoms with E-state index in [0.717, 1.165) is 21.5 Å². The summed E-state index contributed by atoms with van der Waals surface area (Å²) in [5.41, 5.74) is 8.37. The fourth-order valence-electron chi connectivity index (χ4n) is 2.52. The molecule has 8 nitrogen and oxygen atoms in total. The minimum Gasteiger partial charge on any atom is -0.480 e. The molecule has 0 aliphatic carbocycles. The first-order chi connectivity index (χ1) is 11.9. The third-order valence-corrected chi connectivity index (χ3v) is 4.36. The molecule has 2 heterocycles. The molecule has 0 saturated carbocycles. The molecule has 25 heavy (non-hydrogen) atoms. The summed E-state index contributed by atoms with van der Waals surface area (Å²) in [4.78, 5) is 10.8. The summed E-state index contributed by atoms with van der Waals surface area (Å²) in [6, 6.07) is 3.52. The van der Waals surface area contributed by atoms with Gasteiger partial charge in [-0.25, -0.2) is 5.84 Å². The number of H-pyrrole nitrogens is 1. The molecule has 0 unspecified atom stereocenters. The largest absolute Gasteiger partial charge is 0.480 e. The SMILES string of the molecule is N/C(=C\N(N)CC(=O)O)n1cc(-c2cn[nH]c2)c2ccc(Cl)c(Cl)c21. The number of rotatable bonds is 5. The summed E-state index contributed by atoms with van der Waals surface area (Å²) < 4.78 is 1.60. The number of hydrazine groups is 1. The Hall–Kier alpha value is -2.68. The Kier molecular flexibility index (Phi) is 4.58. The third kappa shape index (κ3) is 3.27. The van der Waals surface area contributed by atoms with Crippen molar-refractivity contribution >= 4 is 45.9 Å². The van der Waals surface area contributed by atoms with E-state index in [9.17, 15) is 4.79 Å². The molecule has 0 amide bonds. The third-order valence-electron chi connectivity index (χ3n) is 3.56.